The maximum atomic E-state index is 13.4. The molecule has 0 aliphatic carbocycles. The fourth-order valence-corrected chi connectivity index (χ4v) is 1.31. The summed E-state index contributed by atoms with van der Waals surface area (Å²) in [5.41, 5.74) is 0.538. The van der Waals surface area contributed by atoms with E-state index in [1.165, 1.54) is 26.2 Å². The average molecular weight is 270 g/mol. The van der Waals surface area contributed by atoms with Crippen LogP contribution in [-0.2, 0) is 11.3 Å². The van der Waals surface area contributed by atoms with Gasteiger partial charge in [0.1, 0.15) is 6.04 Å². The molecule has 0 saturated carbocycles. The SMILES string of the molecule is COc1ccc(CNC(=O)NC(C)C(=O)O)cc1F. The van der Waals surface area contributed by atoms with E-state index >= 15 is 0 Å². The van der Waals surface area contributed by atoms with Gasteiger partial charge in [0.25, 0.3) is 0 Å². The van der Waals surface area contributed by atoms with E-state index in [1.807, 2.05) is 0 Å². The van der Waals surface area contributed by atoms with Crippen LogP contribution in [0.1, 0.15) is 12.5 Å². The van der Waals surface area contributed by atoms with Crippen LogP contribution < -0.4 is 15.4 Å². The van der Waals surface area contributed by atoms with Gasteiger partial charge in [0.05, 0.1) is 7.11 Å². The fourth-order valence-electron chi connectivity index (χ4n) is 1.31. The number of hydrogen-bond donors (Lipinski definition) is 3. The Kier molecular flexibility index (Phi) is 5.11. The number of carboxylic acids is 1. The second kappa shape index (κ2) is 6.58. The Morgan fingerprint density at radius 1 is 1.47 bits per heavy atom. The molecule has 0 saturated heterocycles. The van der Waals surface area contributed by atoms with E-state index in [9.17, 15) is 14.0 Å². The number of rotatable bonds is 5. The highest BCUT2D eigenvalue weighted by Gasteiger charge is 2.13. The highest BCUT2D eigenvalue weighted by molar-refractivity contribution is 5.82. The minimum Gasteiger partial charge on any atom is -0.494 e. The van der Waals surface area contributed by atoms with Gasteiger partial charge in [0.2, 0.25) is 0 Å². The van der Waals surface area contributed by atoms with Crippen LogP contribution in [0.3, 0.4) is 0 Å². The zero-order valence-electron chi connectivity index (χ0n) is 10.6. The number of carbonyl (C=O) groups is 2. The molecule has 0 spiro atoms. The molecule has 1 atom stereocenters. The van der Waals surface area contributed by atoms with Crippen molar-refractivity contribution in [3.8, 4) is 5.75 Å². The zero-order valence-corrected chi connectivity index (χ0v) is 10.6. The number of amides is 2. The number of nitrogens with one attached hydrogen (secondary N) is 2. The number of methoxy groups -OCH3 is 1. The van der Waals surface area contributed by atoms with Crippen molar-refractivity contribution in [2.24, 2.45) is 0 Å². The fraction of sp³-hybridized carbons (Fsp3) is 0.333. The van der Waals surface area contributed by atoms with Crippen molar-refractivity contribution in [2.75, 3.05) is 7.11 Å². The number of aliphatic carboxylic acids is 1. The number of hydrogen-bond acceptors (Lipinski definition) is 3. The lowest BCUT2D eigenvalue weighted by atomic mass is 10.2. The molecule has 0 bridgehead atoms. The maximum Gasteiger partial charge on any atom is 0.325 e. The van der Waals surface area contributed by atoms with Crippen molar-refractivity contribution >= 4 is 12.0 Å². The summed E-state index contributed by atoms with van der Waals surface area (Å²) in [5, 5.41) is 13.3. The van der Waals surface area contributed by atoms with Crippen molar-refractivity contribution in [3.05, 3.63) is 29.6 Å². The quantitative estimate of drug-likeness (QED) is 0.747. The smallest absolute Gasteiger partial charge is 0.325 e. The van der Waals surface area contributed by atoms with Gasteiger partial charge in [0.15, 0.2) is 11.6 Å². The summed E-state index contributed by atoms with van der Waals surface area (Å²) in [6.07, 6.45) is 0. The van der Waals surface area contributed by atoms with Crippen LogP contribution in [0, 0.1) is 5.82 Å². The lowest BCUT2D eigenvalue weighted by Crippen LogP contribution is -2.44. The lowest BCUT2D eigenvalue weighted by Gasteiger charge is -2.11. The molecule has 0 fully saturated rings. The Labute approximate surface area is 109 Å². The van der Waals surface area contributed by atoms with E-state index in [1.54, 1.807) is 6.07 Å². The zero-order chi connectivity index (χ0) is 14.4. The third-order valence-corrected chi connectivity index (χ3v) is 2.39. The summed E-state index contributed by atoms with van der Waals surface area (Å²) in [6, 6.07) is 2.66. The van der Waals surface area contributed by atoms with E-state index in [4.69, 9.17) is 9.84 Å². The minimum atomic E-state index is -1.13. The number of ether oxygens (including phenoxy) is 1. The predicted octanol–water partition coefficient (Wildman–Crippen LogP) is 1.11. The first kappa shape index (κ1) is 14.7. The van der Waals surface area contributed by atoms with E-state index in [0.717, 1.165) is 0 Å². The van der Waals surface area contributed by atoms with Gasteiger partial charge < -0.3 is 20.5 Å². The van der Waals surface area contributed by atoms with E-state index in [0.29, 0.717) is 5.56 Å². The molecule has 104 valence electrons. The predicted molar refractivity (Wildman–Crippen MR) is 65.4 cm³/mol. The molecular formula is C12H15FN2O4. The molecule has 7 heteroatoms. The van der Waals surface area contributed by atoms with E-state index in [2.05, 4.69) is 10.6 Å². The summed E-state index contributed by atoms with van der Waals surface area (Å²) in [6.45, 7) is 1.42. The molecule has 6 nitrogen and oxygen atoms in total. The first-order valence-electron chi connectivity index (χ1n) is 5.53. The second-order valence-electron chi connectivity index (χ2n) is 3.86. The van der Waals surface area contributed by atoms with Gasteiger partial charge in [-0.3, -0.25) is 4.79 Å². The molecule has 2 amide bonds. The van der Waals surface area contributed by atoms with Gasteiger partial charge in [-0.05, 0) is 24.6 Å². The highest BCUT2D eigenvalue weighted by Crippen LogP contribution is 2.17. The Bertz CT molecular complexity index is 479. The van der Waals surface area contributed by atoms with Crippen molar-refractivity contribution in [3.63, 3.8) is 0 Å². The molecule has 19 heavy (non-hydrogen) atoms. The normalized spacial score (nSPS) is 11.5. The summed E-state index contributed by atoms with van der Waals surface area (Å²) in [4.78, 5) is 21.9. The van der Waals surface area contributed by atoms with Crippen LogP contribution in [0.25, 0.3) is 0 Å². The first-order valence-corrected chi connectivity index (χ1v) is 5.53. The average Bonchev–Trinajstić information content (AvgIpc) is 2.36. The Hall–Kier alpha value is -2.31. The summed E-state index contributed by atoms with van der Waals surface area (Å²) in [5.74, 6) is -1.54. The van der Waals surface area contributed by atoms with Crippen LogP contribution >= 0.6 is 0 Å². The summed E-state index contributed by atoms with van der Waals surface area (Å²) >= 11 is 0. The standard InChI is InChI=1S/C12H15FN2O4/c1-7(11(16)17)15-12(18)14-6-8-3-4-10(19-2)9(13)5-8/h3-5,7H,6H2,1-2H3,(H,16,17)(H2,14,15,18). The van der Waals surface area contributed by atoms with E-state index < -0.39 is 23.9 Å². The number of halogens is 1. The largest absolute Gasteiger partial charge is 0.494 e. The van der Waals surface area contributed by atoms with Crippen LogP contribution in [-0.4, -0.2) is 30.3 Å². The van der Waals surface area contributed by atoms with Crippen molar-refractivity contribution < 1.29 is 23.8 Å². The van der Waals surface area contributed by atoms with Gasteiger partial charge in [-0.15, -0.1) is 0 Å². The molecular weight excluding hydrogens is 255 g/mol. The lowest BCUT2D eigenvalue weighted by molar-refractivity contribution is -0.138. The molecule has 0 radical (unpaired) electrons. The summed E-state index contributed by atoms with van der Waals surface area (Å²) < 4.78 is 18.1. The minimum absolute atomic E-state index is 0.0824. The molecule has 0 aliphatic rings. The monoisotopic (exact) mass is 270 g/mol. The highest BCUT2D eigenvalue weighted by atomic mass is 19.1. The number of carboxylic acid groups (broad SMARTS) is 1. The molecule has 0 heterocycles. The van der Waals surface area contributed by atoms with Crippen molar-refractivity contribution in [1.82, 2.24) is 10.6 Å². The molecule has 1 aromatic carbocycles. The maximum absolute atomic E-state index is 13.4. The van der Waals surface area contributed by atoms with Gasteiger partial charge >= 0.3 is 12.0 Å². The summed E-state index contributed by atoms with van der Waals surface area (Å²) in [7, 11) is 1.36. The molecule has 1 unspecified atom stereocenters. The second-order valence-corrected chi connectivity index (χ2v) is 3.86. The first-order chi connectivity index (χ1) is 8.93. The van der Waals surface area contributed by atoms with Crippen LogP contribution in [0.5, 0.6) is 5.75 Å². The third kappa shape index (κ3) is 4.46. The Morgan fingerprint density at radius 2 is 2.16 bits per heavy atom. The van der Waals surface area contributed by atoms with Crippen LogP contribution in [0.2, 0.25) is 0 Å². The Balaban J connectivity index is 2.50. The molecule has 0 aliphatic heterocycles. The van der Waals surface area contributed by atoms with E-state index in [-0.39, 0.29) is 12.3 Å². The number of benzene rings is 1. The van der Waals surface area contributed by atoms with Crippen molar-refractivity contribution in [1.29, 1.82) is 0 Å². The van der Waals surface area contributed by atoms with Crippen molar-refractivity contribution in [2.45, 2.75) is 19.5 Å². The van der Waals surface area contributed by atoms with Gasteiger partial charge in [0, 0.05) is 6.54 Å². The van der Waals surface area contributed by atoms with Gasteiger partial charge in [-0.25, -0.2) is 9.18 Å². The van der Waals surface area contributed by atoms with Gasteiger partial charge in [-0.2, -0.15) is 0 Å². The number of carbonyl (C=O) groups excluding carboxylic acids is 1. The van der Waals surface area contributed by atoms with Crippen LogP contribution in [0.15, 0.2) is 18.2 Å². The third-order valence-electron chi connectivity index (χ3n) is 2.39. The molecule has 1 aromatic rings. The molecule has 3 N–H and O–H groups in total. The Morgan fingerprint density at radius 3 is 2.68 bits per heavy atom. The molecule has 0 aromatic heterocycles. The topological polar surface area (TPSA) is 87.7 Å². The number of urea groups is 1. The van der Waals surface area contributed by atoms with Gasteiger partial charge in [-0.1, -0.05) is 6.07 Å². The van der Waals surface area contributed by atoms with Crippen LogP contribution in [0.4, 0.5) is 9.18 Å². The molecule has 1 rings (SSSR count).